The van der Waals surface area contributed by atoms with Crippen LogP contribution in [0.25, 0.3) is 0 Å². The van der Waals surface area contributed by atoms with Crippen molar-refractivity contribution in [2.75, 3.05) is 26.2 Å². The second-order valence-corrected chi connectivity index (χ2v) is 9.05. The van der Waals surface area contributed by atoms with E-state index in [1.165, 1.54) is 22.5 Å². The van der Waals surface area contributed by atoms with Gasteiger partial charge in [-0.1, -0.05) is 12.5 Å². The van der Waals surface area contributed by atoms with Gasteiger partial charge in [0.1, 0.15) is 0 Å². The standard InChI is InChI=1S/C17H24N4O5S.ClH/c18-14-4-1-3-13(11-14)17(22)19-7-9-20(10-8-19)27(25,26)16-6-2-5-15(12-16)21(23)24;/h2,5-6,12-14H,1,3-4,7-11,18H2;1H. The van der Waals surface area contributed by atoms with Gasteiger partial charge in [0.2, 0.25) is 15.9 Å². The monoisotopic (exact) mass is 432 g/mol. The van der Waals surface area contributed by atoms with E-state index >= 15 is 0 Å². The van der Waals surface area contributed by atoms with Gasteiger partial charge in [0, 0.05) is 50.3 Å². The topological polar surface area (TPSA) is 127 Å². The highest BCUT2D eigenvalue weighted by Gasteiger charge is 2.34. The Kier molecular flexibility index (Phi) is 7.38. The summed E-state index contributed by atoms with van der Waals surface area (Å²) in [6.07, 6.45) is 3.40. The van der Waals surface area contributed by atoms with Crippen molar-refractivity contribution < 1.29 is 18.1 Å². The number of hydrogen-bond acceptors (Lipinski definition) is 6. The van der Waals surface area contributed by atoms with Gasteiger partial charge in [0.05, 0.1) is 9.82 Å². The Morgan fingerprint density at radius 2 is 1.86 bits per heavy atom. The van der Waals surface area contributed by atoms with Crippen LogP contribution >= 0.6 is 12.4 Å². The van der Waals surface area contributed by atoms with Crippen LogP contribution in [0.5, 0.6) is 0 Å². The van der Waals surface area contributed by atoms with Crippen molar-refractivity contribution >= 4 is 34.0 Å². The number of halogens is 1. The van der Waals surface area contributed by atoms with Gasteiger partial charge in [-0.25, -0.2) is 8.42 Å². The van der Waals surface area contributed by atoms with Crippen LogP contribution in [-0.4, -0.2) is 60.7 Å². The number of rotatable bonds is 4. The average molecular weight is 433 g/mol. The molecule has 2 N–H and O–H groups in total. The van der Waals surface area contributed by atoms with E-state index in [0.717, 1.165) is 25.3 Å². The lowest BCUT2D eigenvalue weighted by Gasteiger charge is -2.37. The summed E-state index contributed by atoms with van der Waals surface area (Å²) in [5.41, 5.74) is 5.70. The van der Waals surface area contributed by atoms with Crippen LogP contribution in [0.4, 0.5) is 5.69 Å². The van der Waals surface area contributed by atoms with Crippen LogP contribution < -0.4 is 5.73 Å². The Balaban J connectivity index is 0.00000280. The highest BCUT2D eigenvalue weighted by atomic mass is 35.5. The third-order valence-corrected chi connectivity index (χ3v) is 7.18. The summed E-state index contributed by atoms with van der Waals surface area (Å²) < 4.78 is 26.8. The molecule has 2 unspecified atom stereocenters. The van der Waals surface area contributed by atoms with Gasteiger partial charge in [0.15, 0.2) is 0 Å². The zero-order chi connectivity index (χ0) is 19.6. The van der Waals surface area contributed by atoms with Crippen molar-refractivity contribution in [2.45, 2.75) is 36.6 Å². The Bertz CT molecular complexity index is 827. The van der Waals surface area contributed by atoms with Gasteiger partial charge in [-0.05, 0) is 25.3 Å². The minimum Gasteiger partial charge on any atom is -0.340 e. The zero-order valence-corrected chi connectivity index (χ0v) is 17.0. The van der Waals surface area contributed by atoms with E-state index in [-0.39, 0.29) is 53.9 Å². The molecule has 1 aromatic carbocycles. The lowest BCUT2D eigenvalue weighted by atomic mass is 9.85. The number of hydrogen-bond donors (Lipinski definition) is 1. The number of benzene rings is 1. The largest absolute Gasteiger partial charge is 0.340 e. The summed E-state index contributed by atoms with van der Waals surface area (Å²) in [6.45, 7) is 0.989. The minimum absolute atomic E-state index is 0. The maximum atomic E-state index is 12.8. The zero-order valence-electron chi connectivity index (χ0n) is 15.4. The Hall–Kier alpha value is -1.75. The lowest BCUT2D eigenvalue weighted by Crippen LogP contribution is -2.52. The maximum absolute atomic E-state index is 12.8. The van der Waals surface area contributed by atoms with Crippen molar-refractivity contribution in [3.05, 3.63) is 34.4 Å². The number of amides is 1. The molecule has 2 fully saturated rings. The van der Waals surface area contributed by atoms with Gasteiger partial charge in [-0.3, -0.25) is 14.9 Å². The number of nitro benzene ring substituents is 1. The first kappa shape index (κ1) is 22.5. The van der Waals surface area contributed by atoms with E-state index < -0.39 is 14.9 Å². The van der Waals surface area contributed by atoms with Crippen molar-refractivity contribution in [3.8, 4) is 0 Å². The number of nitro groups is 1. The second kappa shape index (κ2) is 9.17. The summed E-state index contributed by atoms with van der Waals surface area (Å²) in [6, 6.07) is 5.09. The molecule has 1 aliphatic heterocycles. The molecule has 28 heavy (non-hydrogen) atoms. The quantitative estimate of drug-likeness (QED) is 0.565. The predicted molar refractivity (Wildman–Crippen MR) is 106 cm³/mol. The number of carbonyl (C=O) groups excluding carboxylic acids is 1. The first-order valence-electron chi connectivity index (χ1n) is 9.08. The fourth-order valence-corrected chi connectivity index (χ4v) is 5.23. The van der Waals surface area contributed by atoms with E-state index in [4.69, 9.17) is 5.73 Å². The molecule has 156 valence electrons. The molecular weight excluding hydrogens is 408 g/mol. The molecule has 1 heterocycles. The Morgan fingerprint density at radius 1 is 1.18 bits per heavy atom. The van der Waals surface area contributed by atoms with Crippen molar-refractivity contribution in [1.29, 1.82) is 0 Å². The van der Waals surface area contributed by atoms with Crippen molar-refractivity contribution in [3.63, 3.8) is 0 Å². The summed E-state index contributed by atoms with van der Waals surface area (Å²) in [7, 11) is -3.83. The summed E-state index contributed by atoms with van der Waals surface area (Å²) in [5, 5.41) is 10.9. The van der Waals surface area contributed by atoms with Crippen LogP contribution in [0.15, 0.2) is 29.2 Å². The Labute approximate surface area is 170 Å². The molecule has 0 aromatic heterocycles. The molecule has 0 spiro atoms. The number of sulfonamides is 1. The highest BCUT2D eigenvalue weighted by Crippen LogP contribution is 2.26. The van der Waals surface area contributed by atoms with Crippen molar-refractivity contribution in [2.24, 2.45) is 11.7 Å². The van der Waals surface area contributed by atoms with E-state index in [9.17, 15) is 23.3 Å². The van der Waals surface area contributed by atoms with Gasteiger partial charge < -0.3 is 10.6 Å². The van der Waals surface area contributed by atoms with Crippen molar-refractivity contribution in [1.82, 2.24) is 9.21 Å². The fourth-order valence-electron chi connectivity index (χ4n) is 3.77. The van der Waals surface area contributed by atoms with Crippen LogP contribution in [0.2, 0.25) is 0 Å². The molecule has 11 heteroatoms. The van der Waals surface area contributed by atoms with Gasteiger partial charge in [0.25, 0.3) is 5.69 Å². The number of carbonyl (C=O) groups is 1. The molecular formula is C17H25ClN4O5S. The summed E-state index contributed by atoms with van der Waals surface area (Å²) in [5.74, 6) is -0.0220. The molecule has 2 atom stereocenters. The molecule has 1 aromatic rings. The van der Waals surface area contributed by atoms with Crippen LogP contribution in [0.3, 0.4) is 0 Å². The third kappa shape index (κ3) is 4.80. The van der Waals surface area contributed by atoms with Crippen LogP contribution in [0.1, 0.15) is 25.7 Å². The molecule has 3 rings (SSSR count). The Morgan fingerprint density at radius 3 is 2.46 bits per heavy atom. The van der Waals surface area contributed by atoms with Crippen LogP contribution in [0, 0.1) is 16.0 Å². The molecule has 1 aliphatic carbocycles. The minimum atomic E-state index is -3.83. The molecule has 1 amide bonds. The number of nitrogens with two attached hydrogens (primary N) is 1. The average Bonchev–Trinajstić information content (AvgIpc) is 2.67. The molecule has 1 saturated carbocycles. The molecule has 1 saturated heterocycles. The van der Waals surface area contributed by atoms with Gasteiger partial charge in [-0.15, -0.1) is 12.4 Å². The third-order valence-electron chi connectivity index (χ3n) is 5.28. The smallest absolute Gasteiger partial charge is 0.270 e. The lowest BCUT2D eigenvalue weighted by molar-refractivity contribution is -0.385. The predicted octanol–water partition coefficient (Wildman–Crippen LogP) is 1.37. The molecule has 0 radical (unpaired) electrons. The number of non-ortho nitro benzene ring substituents is 1. The normalized spacial score (nSPS) is 23.7. The molecule has 2 aliphatic rings. The molecule has 0 bridgehead atoms. The van der Waals surface area contributed by atoms with E-state index in [1.54, 1.807) is 4.90 Å². The van der Waals surface area contributed by atoms with E-state index in [2.05, 4.69) is 0 Å². The second-order valence-electron chi connectivity index (χ2n) is 7.11. The molecule has 9 nitrogen and oxygen atoms in total. The first-order valence-corrected chi connectivity index (χ1v) is 10.5. The SMILES string of the molecule is Cl.NC1CCCC(C(=O)N2CCN(S(=O)(=O)c3cccc([N+](=O)[O-])c3)CC2)C1. The number of nitrogens with zero attached hydrogens (tertiary/aromatic N) is 3. The van der Waals surface area contributed by atoms with Crippen LogP contribution in [-0.2, 0) is 14.8 Å². The van der Waals surface area contributed by atoms with E-state index in [1.807, 2.05) is 0 Å². The van der Waals surface area contributed by atoms with E-state index in [0.29, 0.717) is 19.5 Å². The number of piperazine rings is 1. The highest BCUT2D eigenvalue weighted by molar-refractivity contribution is 7.89. The summed E-state index contributed by atoms with van der Waals surface area (Å²) in [4.78, 5) is 24.6. The first-order chi connectivity index (χ1) is 12.8. The maximum Gasteiger partial charge on any atom is 0.270 e. The van der Waals surface area contributed by atoms with Gasteiger partial charge in [-0.2, -0.15) is 4.31 Å². The fraction of sp³-hybridized carbons (Fsp3) is 0.588. The summed E-state index contributed by atoms with van der Waals surface area (Å²) >= 11 is 0. The van der Waals surface area contributed by atoms with Gasteiger partial charge >= 0.3 is 0 Å².